The van der Waals surface area contributed by atoms with Crippen molar-refractivity contribution in [3.8, 4) is 5.69 Å². The summed E-state index contributed by atoms with van der Waals surface area (Å²) in [5.74, 6) is 0. The summed E-state index contributed by atoms with van der Waals surface area (Å²) < 4.78 is 1.86. The lowest BCUT2D eigenvalue weighted by atomic mass is 10.2. The highest BCUT2D eigenvalue weighted by Gasteiger charge is 2.06. The van der Waals surface area contributed by atoms with Crippen molar-refractivity contribution in [1.29, 1.82) is 0 Å². The quantitative estimate of drug-likeness (QED) is 0.744. The monoisotopic (exact) mass is 298 g/mol. The van der Waals surface area contributed by atoms with Crippen LogP contribution in [-0.2, 0) is 6.54 Å². The van der Waals surface area contributed by atoms with E-state index >= 15 is 0 Å². The van der Waals surface area contributed by atoms with Gasteiger partial charge >= 0.3 is 0 Å². The van der Waals surface area contributed by atoms with Gasteiger partial charge in [0.15, 0.2) is 5.15 Å². The number of aryl methyl sites for hydroxylation is 1. The highest BCUT2D eigenvalue weighted by atomic mass is 35.5. The van der Waals surface area contributed by atoms with Gasteiger partial charge in [0.1, 0.15) is 0 Å². The molecule has 0 aliphatic rings. The molecule has 0 bridgehead atoms. The highest BCUT2D eigenvalue weighted by Crippen LogP contribution is 2.23. The average Bonchev–Trinajstić information content (AvgIpc) is 2.97. The van der Waals surface area contributed by atoms with E-state index in [9.17, 15) is 0 Å². The van der Waals surface area contributed by atoms with Crippen LogP contribution < -0.4 is 5.32 Å². The number of nitrogens with one attached hydrogen (secondary N) is 1. The molecule has 0 atom stereocenters. The van der Waals surface area contributed by atoms with Crippen LogP contribution in [0.3, 0.4) is 0 Å². The molecule has 21 heavy (non-hydrogen) atoms. The van der Waals surface area contributed by atoms with E-state index < -0.39 is 0 Å². The lowest BCUT2D eigenvalue weighted by molar-refractivity contribution is 0.843. The first kappa shape index (κ1) is 13.6. The first-order valence-corrected chi connectivity index (χ1v) is 7.07. The Bertz CT molecular complexity index is 717. The van der Waals surface area contributed by atoms with Gasteiger partial charge in [-0.05, 0) is 36.8 Å². The molecular weight excluding hydrogens is 284 g/mol. The molecule has 0 aliphatic carbocycles. The number of rotatable bonds is 4. The van der Waals surface area contributed by atoms with Crippen molar-refractivity contribution < 1.29 is 0 Å². The van der Waals surface area contributed by atoms with E-state index in [0.29, 0.717) is 11.7 Å². The molecular formula is C16H15ClN4. The summed E-state index contributed by atoms with van der Waals surface area (Å²) in [7, 11) is 0. The van der Waals surface area contributed by atoms with Gasteiger partial charge in [0.2, 0.25) is 0 Å². The number of benzene rings is 1. The van der Waals surface area contributed by atoms with Crippen LogP contribution in [-0.4, -0.2) is 14.8 Å². The minimum absolute atomic E-state index is 0.484. The maximum absolute atomic E-state index is 6.10. The topological polar surface area (TPSA) is 42.7 Å². The Hall–Kier alpha value is -2.33. The predicted octanol–water partition coefficient (Wildman–Crippen LogP) is 3.84. The molecule has 2 heterocycles. The van der Waals surface area contributed by atoms with Crippen molar-refractivity contribution in [1.82, 2.24) is 14.8 Å². The summed E-state index contributed by atoms with van der Waals surface area (Å²) in [6, 6.07) is 13.9. The Morgan fingerprint density at radius 1 is 1.14 bits per heavy atom. The number of hydrogen-bond donors (Lipinski definition) is 1. The van der Waals surface area contributed by atoms with Crippen molar-refractivity contribution in [3.63, 3.8) is 0 Å². The molecule has 0 aliphatic heterocycles. The zero-order valence-electron chi connectivity index (χ0n) is 11.6. The number of anilines is 1. The predicted molar refractivity (Wildman–Crippen MR) is 84.9 cm³/mol. The fraction of sp³-hybridized carbons (Fsp3) is 0.125. The lowest BCUT2D eigenvalue weighted by Crippen LogP contribution is -2.04. The second kappa shape index (κ2) is 5.97. The van der Waals surface area contributed by atoms with E-state index in [2.05, 4.69) is 15.4 Å². The van der Waals surface area contributed by atoms with Gasteiger partial charge in [-0.1, -0.05) is 29.8 Å². The first-order chi connectivity index (χ1) is 10.2. The SMILES string of the molecule is Cc1ccnc(Cl)c1NCc1ccn(-c2ccccc2)n1. The zero-order valence-corrected chi connectivity index (χ0v) is 12.4. The molecule has 0 spiro atoms. The summed E-state index contributed by atoms with van der Waals surface area (Å²) in [6.45, 7) is 2.60. The molecule has 106 valence electrons. The smallest absolute Gasteiger partial charge is 0.152 e. The zero-order chi connectivity index (χ0) is 14.7. The van der Waals surface area contributed by atoms with Crippen molar-refractivity contribution >= 4 is 17.3 Å². The Balaban J connectivity index is 1.74. The lowest BCUT2D eigenvalue weighted by Gasteiger charge is -2.09. The highest BCUT2D eigenvalue weighted by molar-refractivity contribution is 6.32. The van der Waals surface area contributed by atoms with E-state index in [1.165, 1.54) is 0 Å². The molecule has 3 rings (SSSR count). The molecule has 4 nitrogen and oxygen atoms in total. The third kappa shape index (κ3) is 3.06. The minimum Gasteiger partial charge on any atom is -0.377 e. The molecule has 2 aromatic heterocycles. The first-order valence-electron chi connectivity index (χ1n) is 6.69. The Kier molecular flexibility index (Phi) is 3.88. The normalized spacial score (nSPS) is 10.6. The molecule has 1 aromatic carbocycles. The number of pyridine rings is 1. The molecule has 0 unspecified atom stereocenters. The van der Waals surface area contributed by atoms with Crippen LogP contribution in [0.1, 0.15) is 11.3 Å². The second-order valence-electron chi connectivity index (χ2n) is 4.73. The summed E-state index contributed by atoms with van der Waals surface area (Å²) >= 11 is 6.10. The maximum atomic E-state index is 6.10. The molecule has 3 aromatic rings. The van der Waals surface area contributed by atoms with Gasteiger partial charge in [-0.2, -0.15) is 5.10 Å². The summed E-state index contributed by atoms with van der Waals surface area (Å²) in [6.07, 6.45) is 3.65. The maximum Gasteiger partial charge on any atom is 0.152 e. The molecule has 0 saturated carbocycles. The summed E-state index contributed by atoms with van der Waals surface area (Å²) in [5.41, 5.74) is 3.91. The molecule has 0 saturated heterocycles. The van der Waals surface area contributed by atoms with Gasteiger partial charge in [-0.25, -0.2) is 9.67 Å². The van der Waals surface area contributed by atoms with Crippen molar-refractivity contribution in [3.05, 3.63) is 71.3 Å². The number of para-hydroxylation sites is 1. The molecule has 1 N–H and O–H groups in total. The van der Waals surface area contributed by atoms with E-state index in [0.717, 1.165) is 22.6 Å². The average molecular weight is 299 g/mol. The molecule has 5 heteroatoms. The standard InChI is InChI=1S/C16H15ClN4/c1-12-7-9-18-16(17)15(12)19-11-13-8-10-21(20-13)14-5-3-2-4-6-14/h2-10,19H,11H2,1H3. The fourth-order valence-electron chi connectivity index (χ4n) is 2.10. The van der Waals surface area contributed by atoms with Crippen molar-refractivity contribution in [2.75, 3.05) is 5.32 Å². The van der Waals surface area contributed by atoms with Crippen LogP contribution in [0.4, 0.5) is 5.69 Å². The van der Waals surface area contributed by atoms with E-state index in [-0.39, 0.29) is 0 Å². The van der Waals surface area contributed by atoms with E-state index in [1.807, 2.05) is 60.3 Å². The van der Waals surface area contributed by atoms with Gasteiger partial charge in [0, 0.05) is 12.4 Å². The van der Waals surface area contributed by atoms with Crippen molar-refractivity contribution in [2.24, 2.45) is 0 Å². The van der Waals surface area contributed by atoms with E-state index in [1.54, 1.807) is 6.20 Å². The number of aromatic nitrogens is 3. The second-order valence-corrected chi connectivity index (χ2v) is 5.09. The Morgan fingerprint density at radius 2 is 1.95 bits per heavy atom. The van der Waals surface area contributed by atoms with Gasteiger partial charge in [0.25, 0.3) is 0 Å². The molecule has 0 radical (unpaired) electrons. The molecule has 0 fully saturated rings. The van der Waals surface area contributed by atoms with Crippen molar-refractivity contribution in [2.45, 2.75) is 13.5 Å². The third-order valence-electron chi connectivity index (χ3n) is 3.22. The molecule has 0 amide bonds. The van der Waals surface area contributed by atoms with Crippen LogP contribution >= 0.6 is 11.6 Å². The fourth-order valence-corrected chi connectivity index (χ4v) is 2.37. The number of hydrogen-bond acceptors (Lipinski definition) is 3. The van der Waals surface area contributed by atoms with Gasteiger partial charge < -0.3 is 5.32 Å². The Morgan fingerprint density at radius 3 is 2.71 bits per heavy atom. The van der Waals surface area contributed by atoms with Gasteiger partial charge in [-0.15, -0.1) is 0 Å². The van der Waals surface area contributed by atoms with Crippen LogP contribution in [0.2, 0.25) is 5.15 Å². The van der Waals surface area contributed by atoms with Crippen LogP contribution in [0.15, 0.2) is 54.9 Å². The van der Waals surface area contributed by atoms with Crippen LogP contribution in [0, 0.1) is 6.92 Å². The van der Waals surface area contributed by atoms with E-state index in [4.69, 9.17) is 11.6 Å². The van der Waals surface area contributed by atoms with Gasteiger partial charge in [0.05, 0.1) is 23.6 Å². The summed E-state index contributed by atoms with van der Waals surface area (Å²) in [5, 5.41) is 8.32. The third-order valence-corrected chi connectivity index (χ3v) is 3.51. The number of halogens is 1. The Labute approximate surface area is 128 Å². The van der Waals surface area contributed by atoms with Crippen LogP contribution in [0.25, 0.3) is 5.69 Å². The number of nitrogens with zero attached hydrogens (tertiary/aromatic N) is 3. The van der Waals surface area contributed by atoms with Crippen LogP contribution in [0.5, 0.6) is 0 Å². The summed E-state index contributed by atoms with van der Waals surface area (Å²) in [4.78, 5) is 4.08. The van der Waals surface area contributed by atoms with Gasteiger partial charge in [-0.3, -0.25) is 0 Å². The minimum atomic E-state index is 0.484. The largest absolute Gasteiger partial charge is 0.377 e.